The lowest BCUT2D eigenvalue weighted by Crippen LogP contribution is -2.35. The Morgan fingerprint density at radius 1 is 1.17 bits per heavy atom. The first-order valence-corrected chi connectivity index (χ1v) is 9.37. The minimum atomic E-state index is -0.326. The Bertz CT molecular complexity index is 1240. The molecular weight excluding hydrogens is 370 g/mol. The van der Waals surface area contributed by atoms with Crippen LogP contribution in [-0.4, -0.2) is 32.2 Å². The Hall–Kier alpha value is -3.68. The highest BCUT2D eigenvalue weighted by Crippen LogP contribution is 2.28. The standard InChI is InChI=1S/C21H21N5O3/c1-3-19-24-25(13-20(27)23-12-14-7-4-5-10-22-14)21(28)17-11-15-16(26(17)19)8-6-9-18(15)29-2/h4-11H,3,12-13H2,1-2H3,(H,23,27). The summed E-state index contributed by atoms with van der Waals surface area (Å²) < 4.78 is 8.48. The normalized spacial score (nSPS) is 11.1. The second-order valence-corrected chi connectivity index (χ2v) is 6.59. The van der Waals surface area contributed by atoms with Crippen molar-refractivity contribution in [1.82, 2.24) is 24.5 Å². The van der Waals surface area contributed by atoms with Crippen LogP contribution >= 0.6 is 0 Å². The van der Waals surface area contributed by atoms with Crippen LogP contribution in [0.4, 0.5) is 0 Å². The molecule has 0 bridgehead atoms. The van der Waals surface area contributed by atoms with Gasteiger partial charge in [0.25, 0.3) is 5.56 Å². The van der Waals surface area contributed by atoms with Gasteiger partial charge in [-0.25, -0.2) is 4.68 Å². The lowest BCUT2D eigenvalue weighted by atomic mass is 10.2. The fraction of sp³-hybridized carbons (Fsp3) is 0.238. The summed E-state index contributed by atoms with van der Waals surface area (Å²) in [6.45, 7) is 2.10. The van der Waals surface area contributed by atoms with E-state index in [0.29, 0.717) is 30.1 Å². The van der Waals surface area contributed by atoms with E-state index in [0.717, 1.165) is 16.6 Å². The number of carbonyl (C=O) groups is 1. The summed E-state index contributed by atoms with van der Waals surface area (Å²) in [5.74, 6) is 1.08. The van der Waals surface area contributed by atoms with Crippen molar-refractivity contribution in [2.24, 2.45) is 0 Å². The number of methoxy groups -OCH3 is 1. The molecule has 1 aromatic carbocycles. The van der Waals surface area contributed by atoms with Crippen LogP contribution in [0.2, 0.25) is 0 Å². The average molecular weight is 391 g/mol. The van der Waals surface area contributed by atoms with E-state index in [9.17, 15) is 9.59 Å². The molecule has 0 radical (unpaired) electrons. The number of ether oxygens (including phenoxy) is 1. The topological polar surface area (TPSA) is 90.5 Å². The summed E-state index contributed by atoms with van der Waals surface area (Å²) >= 11 is 0. The highest BCUT2D eigenvalue weighted by atomic mass is 16.5. The Kier molecular flexibility index (Phi) is 4.99. The molecule has 0 aliphatic heterocycles. The molecule has 0 saturated carbocycles. The van der Waals surface area contributed by atoms with Crippen molar-refractivity contribution in [1.29, 1.82) is 0 Å². The minimum absolute atomic E-state index is 0.159. The number of aryl methyl sites for hydroxylation is 1. The molecule has 8 nitrogen and oxygen atoms in total. The summed E-state index contributed by atoms with van der Waals surface area (Å²) in [4.78, 5) is 29.6. The van der Waals surface area contributed by atoms with Crippen LogP contribution in [0.25, 0.3) is 16.4 Å². The van der Waals surface area contributed by atoms with Crippen molar-refractivity contribution in [3.8, 4) is 5.75 Å². The number of pyridine rings is 1. The van der Waals surface area contributed by atoms with Gasteiger partial charge in [-0.2, -0.15) is 5.10 Å². The molecule has 3 aromatic heterocycles. The van der Waals surface area contributed by atoms with E-state index in [4.69, 9.17) is 4.74 Å². The van der Waals surface area contributed by atoms with Crippen molar-refractivity contribution in [2.45, 2.75) is 26.4 Å². The zero-order valence-electron chi connectivity index (χ0n) is 16.3. The monoisotopic (exact) mass is 391 g/mol. The Morgan fingerprint density at radius 3 is 2.76 bits per heavy atom. The van der Waals surface area contributed by atoms with Gasteiger partial charge in [0.15, 0.2) is 0 Å². The van der Waals surface area contributed by atoms with E-state index < -0.39 is 0 Å². The average Bonchev–Trinajstić information content (AvgIpc) is 3.15. The number of hydrogen-bond donors (Lipinski definition) is 1. The quantitative estimate of drug-likeness (QED) is 0.542. The number of aromatic nitrogens is 4. The van der Waals surface area contributed by atoms with E-state index in [2.05, 4.69) is 15.4 Å². The maximum atomic E-state index is 13.0. The summed E-state index contributed by atoms with van der Waals surface area (Å²) in [6, 6.07) is 12.9. The van der Waals surface area contributed by atoms with Gasteiger partial charge in [-0.05, 0) is 30.3 Å². The zero-order chi connectivity index (χ0) is 20.4. The number of benzene rings is 1. The van der Waals surface area contributed by atoms with Gasteiger partial charge < -0.3 is 10.1 Å². The fourth-order valence-electron chi connectivity index (χ4n) is 3.40. The predicted molar refractivity (Wildman–Crippen MR) is 109 cm³/mol. The molecular formula is C21H21N5O3. The second-order valence-electron chi connectivity index (χ2n) is 6.59. The first kappa shape index (κ1) is 18.7. The van der Waals surface area contributed by atoms with Crippen LogP contribution in [0.15, 0.2) is 53.5 Å². The molecule has 0 aliphatic carbocycles. The maximum absolute atomic E-state index is 13.0. The number of amides is 1. The molecule has 0 saturated heterocycles. The predicted octanol–water partition coefficient (Wildman–Crippen LogP) is 1.93. The van der Waals surface area contributed by atoms with E-state index in [1.807, 2.05) is 47.7 Å². The third kappa shape index (κ3) is 3.44. The highest BCUT2D eigenvalue weighted by molar-refractivity contribution is 5.92. The number of hydrogen-bond acceptors (Lipinski definition) is 5. The van der Waals surface area contributed by atoms with Gasteiger partial charge in [-0.1, -0.05) is 19.1 Å². The van der Waals surface area contributed by atoms with Gasteiger partial charge in [0, 0.05) is 18.0 Å². The largest absolute Gasteiger partial charge is 0.496 e. The fourth-order valence-corrected chi connectivity index (χ4v) is 3.40. The molecule has 3 heterocycles. The van der Waals surface area contributed by atoms with Crippen molar-refractivity contribution < 1.29 is 9.53 Å². The molecule has 1 amide bonds. The van der Waals surface area contributed by atoms with Crippen LogP contribution in [-0.2, 0) is 24.3 Å². The minimum Gasteiger partial charge on any atom is -0.496 e. The van der Waals surface area contributed by atoms with E-state index >= 15 is 0 Å². The van der Waals surface area contributed by atoms with E-state index in [-0.39, 0.29) is 18.0 Å². The molecule has 0 aliphatic rings. The van der Waals surface area contributed by atoms with Gasteiger partial charge in [0.2, 0.25) is 5.91 Å². The van der Waals surface area contributed by atoms with E-state index in [1.54, 1.807) is 19.4 Å². The smallest absolute Gasteiger partial charge is 0.291 e. The van der Waals surface area contributed by atoms with Crippen molar-refractivity contribution in [2.75, 3.05) is 7.11 Å². The third-order valence-electron chi connectivity index (χ3n) is 4.78. The molecule has 4 aromatic rings. The van der Waals surface area contributed by atoms with E-state index in [1.165, 1.54) is 4.68 Å². The molecule has 0 spiro atoms. The maximum Gasteiger partial charge on any atom is 0.291 e. The molecule has 0 atom stereocenters. The van der Waals surface area contributed by atoms with Crippen molar-refractivity contribution in [3.05, 3.63) is 70.5 Å². The Balaban J connectivity index is 1.70. The lowest BCUT2D eigenvalue weighted by Gasteiger charge is -2.10. The molecule has 4 rings (SSSR count). The third-order valence-corrected chi connectivity index (χ3v) is 4.78. The lowest BCUT2D eigenvalue weighted by molar-refractivity contribution is -0.122. The van der Waals surface area contributed by atoms with Gasteiger partial charge in [-0.15, -0.1) is 0 Å². The number of nitrogens with one attached hydrogen (secondary N) is 1. The van der Waals surface area contributed by atoms with Crippen molar-refractivity contribution >= 4 is 22.3 Å². The number of nitrogens with zero attached hydrogens (tertiary/aromatic N) is 4. The number of rotatable bonds is 6. The van der Waals surface area contributed by atoms with Gasteiger partial charge >= 0.3 is 0 Å². The van der Waals surface area contributed by atoms with Gasteiger partial charge in [-0.3, -0.25) is 19.0 Å². The molecule has 0 fully saturated rings. The van der Waals surface area contributed by atoms with Gasteiger partial charge in [0.05, 0.1) is 24.9 Å². The molecule has 1 N–H and O–H groups in total. The van der Waals surface area contributed by atoms with Crippen LogP contribution in [0.5, 0.6) is 5.75 Å². The first-order valence-electron chi connectivity index (χ1n) is 9.37. The Morgan fingerprint density at radius 2 is 2.03 bits per heavy atom. The summed E-state index contributed by atoms with van der Waals surface area (Å²) in [6.07, 6.45) is 2.27. The zero-order valence-corrected chi connectivity index (χ0v) is 16.3. The molecule has 148 valence electrons. The second kappa shape index (κ2) is 7.75. The summed E-state index contributed by atoms with van der Waals surface area (Å²) in [5, 5.41) is 8.05. The molecule has 29 heavy (non-hydrogen) atoms. The van der Waals surface area contributed by atoms with Crippen LogP contribution < -0.4 is 15.6 Å². The van der Waals surface area contributed by atoms with Crippen LogP contribution in [0.3, 0.4) is 0 Å². The highest BCUT2D eigenvalue weighted by Gasteiger charge is 2.17. The molecule has 0 unspecified atom stereocenters. The SMILES string of the molecule is CCc1nn(CC(=O)NCc2ccccn2)c(=O)c2cc3c(OC)cccc3n12. The van der Waals surface area contributed by atoms with Crippen LogP contribution in [0, 0.1) is 0 Å². The van der Waals surface area contributed by atoms with Crippen LogP contribution in [0.1, 0.15) is 18.4 Å². The number of fused-ring (bicyclic) bond motifs is 3. The first-order chi connectivity index (χ1) is 14.1. The molecule has 8 heteroatoms. The Labute approximate surface area is 166 Å². The van der Waals surface area contributed by atoms with Gasteiger partial charge in [0.1, 0.15) is 23.6 Å². The summed E-state index contributed by atoms with van der Waals surface area (Å²) in [7, 11) is 1.60. The van der Waals surface area contributed by atoms with Crippen molar-refractivity contribution in [3.63, 3.8) is 0 Å². The number of carbonyl (C=O) groups excluding carboxylic acids is 1. The summed E-state index contributed by atoms with van der Waals surface area (Å²) in [5.41, 5.74) is 1.74.